The monoisotopic (exact) mass is 261 g/mol. The van der Waals surface area contributed by atoms with E-state index in [2.05, 4.69) is 11.0 Å². The summed E-state index contributed by atoms with van der Waals surface area (Å²) < 4.78 is 0. The van der Waals surface area contributed by atoms with Gasteiger partial charge in [-0.05, 0) is 37.5 Å². The number of hydrogen-bond donors (Lipinski definition) is 1. The Hall–Kier alpha value is -1.55. The number of carbonyl (C=O) groups is 1. The van der Waals surface area contributed by atoms with Gasteiger partial charge in [0.2, 0.25) is 5.91 Å². The van der Waals surface area contributed by atoms with E-state index in [1.807, 2.05) is 32.2 Å². The Labute approximate surface area is 115 Å². The van der Waals surface area contributed by atoms with Gasteiger partial charge in [0.15, 0.2) is 0 Å². The molecule has 1 amide bonds. The molecule has 0 aliphatic heterocycles. The second kappa shape index (κ2) is 6.06. The van der Waals surface area contributed by atoms with E-state index in [4.69, 9.17) is 5.73 Å². The zero-order valence-electron chi connectivity index (χ0n) is 11.8. The van der Waals surface area contributed by atoms with Gasteiger partial charge in [-0.2, -0.15) is 0 Å². The van der Waals surface area contributed by atoms with Crippen LogP contribution in [0.2, 0.25) is 0 Å². The molecular weight excluding hydrogens is 238 g/mol. The maximum absolute atomic E-state index is 12.0. The van der Waals surface area contributed by atoms with Gasteiger partial charge in [0, 0.05) is 31.9 Å². The van der Waals surface area contributed by atoms with Gasteiger partial charge >= 0.3 is 0 Å². The van der Waals surface area contributed by atoms with Gasteiger partial charge in [0.1, 0.15) is 0 Å². The van der Waals surface area contributed by atoms with E-state index in [-0.39, 0.29) is 5.91 Å². The fraction of sp³-hybridized carbons (Fsp3) is 0.533. The molecular formula is C15H23N3O. The number of amides is 1. The van der Waals surface area contributed by atoms with Gasteiger partial charge in [-0.25, -0.2) is 0 Å². The lowest BCUT2D eigenvalue weighted by molar-refractivity contribution is -0.131. The minimum Gasteiger partial charge on any atom is -0.399 e. The Balaban J connectivity index is 1.99. The Morgan fingerprint density at radius 2 is 2.16 bits per heavy atom. The molecule has 0 radical (unpaired) electrons. The van der Waals surface area contributed by atoms with E-state index in [1.54, 1.807) is 4.90 Å². The van der Waals surface area contributed by atoms with Gasteiger partial charge in [0.25, 0.3) is 0 Å². The molecule has 1 fully saturated rings. The molecule has 1 aromatic rings. The number of nitrogens with zero attached hydrogens (tertiary/aromatic N) is 2. The molecule has 0 spiro atoms. The number of nitrogen functional groups attached to an aromatic ring is 1. The summed E-state index contributed by atoms with van der Waals surface area (Å²) in [7, 11) is 1.86. The molecule has 0 saturated heterocycles. The molecule has 1 aliphatic rings. The van der Waals surface area contributed by atoms with Crippen LogP contribution < -0.4 is 5.73 Å². The van der Waals surface area contributed by atoms with Crippen LogP contribution in [-0.2, 0) is 11.3 Å². The topological polar surface area (TPSA) is 49.6 Å². The van der Waals surface area contributed by atoms with E-state index in [9.17, 15) is 4.79 Å². The molecule has 104 valence electrons. The molecule has 0 unspecified atom stereocenters. The molecule has 1 saturated carbocycles. The highest BCUT2D eigenvalue weighted by molar-refractivity contribution is 5.78. The van der Waals surface area contributed by atoms with Crippen LogP contribution in [-0.4, -0.2) is 41.9 Å². The fourth-order valence-electron chi connectivity index (χ4n) is 2.15. The van der Waals surface area contributed by atoms with E-state index in [0.29, 0.717) is 12.6 Å². The van der Waals surface area contributed by atoms with E-state index < -0.39 is 0 Å². The predicted octanol–water partition coefficient (Wildman–Crippen LogP) is 1.71. The third kappa shape index (κ3) is 3.96. The molecule has 1 aromatic carbocycles. The highest BCUT2D eigenvalue weighted by Crippen LogP contribution is 2.28. The molecule has 2 N–H and O–H groups in total. The fourth-order valence-corrected chi connectivity index (χ4v) is 2.15. The number of likely N-dealkylation sites (N-methyl/N-ethyl adjacent to an activating group) is 1. The van der Waals surface area contributed by atoms with Gasteiger partial charge in [-0.3, -0.25) is 9.69 Å². The van der Waals surface area contributed by atoms with Crippen LogP contribution in [0.4, 0.5) is 5.69 Å². The number of carbonyl (C=O) groups excluding carboxylic acids is 1. The summed E-state index contributed by atoms with van der Waals surface area (Å²) in [4.78, 5) is 16.1. The lowest BCUT2D eigenvalue weighted by Gasteiger charge is -2.24. The number of rotatable bonds is 6. The zero-order valence-corrected chi connectivity index (χ0v) is 11.8. The molecule has 19 heavy (non-hydrogen) atoms. The first-order valence-corrected chi connectivity index (χ1v) is 6.92. The minimum atomic E-state index is 0.193. The Morgan fingerprint density at radius 1 is 1.42 bits per heavy atom. The number of hydrogen-bond acceptors (Lipinski definition) is 3. The highest BCUT2D eigenvalue weighted by Gasteiger charge is 2.30. The van der Waals surface area contributed by atoms with Gasteiger partial charge in [-0.15, -0.1) is 0 Å². The molecule has 4 nitrogen and oxygen atoms in total. The van der Waals surface area contributed by atoms with Crippen LogP contribution in [0.5, 0.6) is 0 Å². The van der Waals surface area contributed by atoms with Crippen LogP contribution in [0, 0.1) is 0 Å². The SMILES string of the molecule is CCN(C)C(=O)CN(Cc1cccc(N)c1)C1CC1. The van der Waals surface area contributed by atoms with Crippen molar-refractivity contribution in [1.29, 1.82) is 0 Å². The van der Waals surface area contributed by atoms with Gasteiger partial charge in [0.05, 0.1) is 6.54 Å². The highest BCUT2D eigenvalue weighted by atomic mass is 16.2. The van der Waals surface area contributed by atoms with Crippen molar-refractivity contribution in [2.45, 2.75) is 32.4 Å². The Morgan fingerprint density at radius 3 is 2.74 bits per heavy atom. The van der Waals surface area contributed by atoms with E-state index >= 15 is 0 Å². The first-order chi connectivity index (χ1) is 9.10. The predicted molar refractivity (Wildman–Crippen MR) is 77.6 cm³/mol. The van der Waals surface area contributed by atoms with Crippen molar-refractivity contribution in [2.75, 3.05) is 25.9 Å². The van der Waals surface area contributed by atoms with E-state index in [0.717, 1.165) is 18.8 Å². The van der Waals surface area contributed by atoms with Gasteiger partial charge < -0.3 is 10.6 Å². The molecule has 0 bridgehead atoms. The summed E-state index contributed by atoms with van der Waals surface area (Å²) in [6.07, 6.45) is 2.40. The average Bonchev–Trinajstić information content (AvgIpc) is 3.21. The largest absolute Gasteiger partial charge is 0.399 e. The number of nitrogens with two attached hydrogens (primary N) is 1. The minimum absolute atomic E-state index is 0.193. The maximum Gasteiger partial charge on any atom is 0.236 e. The molecule has 2 rings (SSSR count). The van der Waals surface area contributed by atoms with Crippen LogP contribution in [0.15, 0.2) is 24.3 Å². The summed E-state index contributed by atoms with van der Waals surface area (Å²) in [6.45, 7) is 4.07. The first kappa shape index (κ1) is 13.9. The number of anilines is 1. The molecule has 0 aromatic heterocycles. The van der Waals surface area contributed by atoms with Crippen molar-refractivity contribution in [3.05, 3.63) is 29.8 Å². The van der Waals surface area contributed by atoms with Crippen molar-refractivity contribution >= 4 is 11.6 Å². The Bertz CT molecular complexity index is 443. The van der Waals surface area contributed by atoms with Crippen molar-refractivity contribution in [1.82, 2.24) is 9.80 Å². The molecule has 0 atom stereocenters. The third-order valence-corrected chi connectivity index (χ3v) is 3.64. The Kier molecular flexibility index (Phi) is 4.43. The van der Waals surface area contributed by atoms with Crippen molar-refractivity contribution in [3.63, 3.8) is 0 Å². The summed E-state index contributed by atoms with van der Waals surface area (Å²) >= 11 is 0. The van der Waals surface area contributed by atoms with Crippen molar-refractivity contribution in [3.8, 4) is 0 Å². The van der Waals surface area contributed by atoms with Crippen LogP contribution >= 0.6 is 0 Å². The maximum atomic E-state index is 12.0. The lowest BCUT2D eigenvalue weighted by Crippen LogP contribution is -2.39. The van der Waals surface area contributed by atoms with Crippen molar-refractivity contribution in [2.24, 2.45) is 0 Å². The molecule has 1 aliphatic carbocycles. The standard InChI is InChI=1S/C15H23N3O/c1-3-17(2)15(19)11-18(14-7-8-14)10-12-5-4-6-13(16)9-12/h4-6,9,14H,3,7-8,10-11,16H2,1-2H3. The molecule has 0 heterocycles. The summed E-state index contributed by atoms with van der Waals surface area (Å²) in [5.41, 5.74) is 7.77. The summed E-state index contributed by atoms with van der Waals surface area (Å²) in [5.74, 6) is 0.193. The van der Waals surface area contributed by atoms with Crippen LogP contribution in [0.1, 0.15) is 25.3 Å². The summed E-state index contributed by atoms with van der Waals surface area (Å²) in [6, 6.07) is 8.48. The average molecular weight is 261 g/mol. The zero-order chi connectivity index (χ0) is 13.8. The second-order valence-corrected chi connectivity index (χ2v) is 5.29. The van der Waals surface area contributed by atoms with E-state index in [1.165, 1.54) is 18.4 Å². The van der Waals surface area contributed by atoms with Crippen LogP contribution in [0.3, 0.4) is 0 Å². The number of benzene rings is 1. The van der Waals surface area contributed by atoms with Crippen molar-refractivity contribution < 1.29 is 4.79 Å². The summed E-state index contributed by atoms with van der Waals surface area (Å²) in [5, 5.41) is 0. The van der Waals surface area contributed by atoms with Crippen LogP contribution in [0.25, 0.3) is 0 Å². The smallest absolute Gasteiger partial charge is 0.236 e. The third-order valence-electron chi connectivity index (χ3n) is 3.64. The second-order valence-electron chi connectivity index (χ2n) is 5.29. The van der Waals surface area contributed by atoms with Gasteiger partial charge in [-0.1, -0.05) is 12.1 Å². The lowest BCUT2D eigenvalue weighted by atomic mass is 10.2. The first-order valence-electron chi connectivity index (χ1n) is 6.92. The quantitative estimate of drug-likeness (QED) is 0.793. The normalized spacial score (nSPS) is 14.7. The molecule has 4 heteroatoms.